The summed E-state index contributed by atoms with van der Waals surface area (Å²) in [6.45, 7) is 1.32. The van der Waals surface area contributed by atoms with Crippen molar-refractivity contribution in [3.05, 3.63) is 40.9 Å². The van der Waals surface area contributed by atoms with E-state index in [1.807, 2.05) is 6.07 Å². The van der Waals surface area contributed by atoms with Gasteiger partial charge < -0.3 is 10.6 Å². The number of hydrogen-bond donors (Lipinski definition) is 2. The number of hydrogen-bond acceptors (Lipinski definition) is 4. The first-order valence-electron chi connectivity index (χ1n) is 8.67. The van der Waals surface area contributed by atoms with Gasteiger partial charge >= 0.3 is 0 Å². The second-order valence-electron chi connectivity index (χ2n) is 6.52. The van der Waals surface area contributed by atoms with E-state index in [-0.39, 0.29) is 24.3 Å². The highest BCUT2D eigenvalue weighted by atomic mass is 35.5. The van der Waals surface area contributed by atoms with Crippen LogP contribution in [-0.2, 0) is 19.6 Å². The van der Waals surface area contributed by atoms with E-state index in [0.717, 1.165) is 5.56 Å². The summed E-state index contributed by atoms with van der Waals surface area (Å²) in [7, 11) is -3.14. The fraction of sp³-hybridized carbons (Fsp3) is 0.444. The largest absolute Gasteiger partial charge is 0.354 e. The zero-order valence-corrected chi connectivity index (χ0v) is 16.7. The molecule has 1 aliphatic heterocycles. The first-order chi connectivity index (χ1) is 12.7. The standard InChI is InChI=1S/C18H24ClN3O4S/c1-27(25,26)22-9-7-15(8-10-22)12-20-18(24)13-21-17(23)6-5-14-3-2-4-16(19)11-14/h2-6,11,15H,7-10,12-13H2,1H3,(H,20,24)(H,21,23)/b6-5+. The fourth-order valence-corrected chi connectivity index (χ4v) is 3.85. The number of sulfonamides is 1. The topological polar surface area (TPSA) is 95.6 Å². The molecule has 148 valence electrons. The Morgan fingerprint density at radius 2 is 1.96 bits per heavy atom. The lowest BCUT2D eigenvalue weighted by Crippen LogP contribution is -2.43. The van der Waals surface area contributed by atoms with Crippen molar-refractivity contribution < 1.29 is 18.0 Å². The summed E-state index contributed by atoms with van der Waals surface area (Å²) in [5.74, 6) is -0.401. The molecular formula is C18H24ClN3O4S. The molecular weight excluding hydrogens is 390 g/mol. The molecule has 7 nitrogen and oxygen atoms in total. The summed E-state index contributed by atoms with van der Waals surface area (Å²) in [5.41, 5.74) is 0.794. The van der Waals surface area contributed by atoms with Crippen LogP contribution < -0.4 is 10.6 Å². The van der Waals surface area contributed by atoms with Gasteiger partial charge in [-0.1, -0.05) is 23.7 Å². The molecule has 0 aromatic heterocycles. The van der Waals surface area contributed by atoms with Gasteiger partial charge in [0.25, 0.3) is 0 Å². The summed E-state index contributed by atoms with van der Waals surface area (Å²) in [6, 6.07) is 7.08. The van der Waals surface area contributed by atoms with Crippen molar-refractivity contribution in [2.24, 2.45) is 5.92 Å². The molecule has 1 aromatic carbocycles. The molecule has 0 atom stereocenters. The van der Waals surface area contributed by atoms with Crippen LogP contribution in [0.3, 0.4) is 0 Å². The minimum Gasteiger partial charge on any atom is -0.354 e. The molecule has 1 fully saturated rings. The van der Waals surface area contributed by atoms with Crippen LogP contribution in [-0.4, -0.2) is 57.0 Å². The monoisotopic (exact) mass is 413 g/mol. The van der Waals surface area contributed by atoms with Crippen LogP contribution >= 0.6 is 11.6 Å². The summed E-state index contributed by atoms with van der Waals surface area (Å²) >= 11 is 5.87. The highest BCUT2D eigenvalue weighted by molar-refractivity contribution is 7.88. The zero-order chi connectivity index (χ0) is 19.9. The van der Waals surface area contributed by atoms with Crippen LogP contribution in [0.25, 0.3) is 6.08 Å². The molecule has 0 bridgehead atoms. The third kappa shape index (κ3) is 7.70. The van der Waals surface area contributed by atoms with Gasteiger partial charge in [0.1, 0.15) is 0 Å². The first-order valence-corrected chi connectivity index (χ1v) is 10.9. The fourth-order valence-electron chi connectivity index (χ4n) is 2.77. The molecule has 0 radical (unpaired) electrons. The Hall–Kier alpha value is -1.90. The molecule has 1 heterocycles. The van der Waals surface area contributed by atoms with E-state index in [0.29, 0.717) is 37.5 Å². The Balaban J connectivity index is 1.65. The Bertz CT molecular complexity index is 803. The predicted molar refractivity (Wildman–Crippen MR) is 106 cm³/mol. The highest BCUT2D eigenvalue weighted by Gasteiger charge is 2.24. The number of nitrogens with one attached hydrogen (secondary N) is 2. The highest BCUT2D eigenvalue weighted by Crippen LogP contribution is 2.18. The van der Waals surface area contributed by atoms with Gasteiger partial charge in [0.15, 0.2) is 0 Å². The number of carbonyl (C=O) groups is 2. The van der Waals surface area contributed by atoms with Crippen LogP contribution in [0, 0.1) is 5.92 Å². The van der Waals surface area contributed by atoms with Crippen LogP contribution in [0.2, 0.25) is 5.02 Å². The molecule has 0 saturated carbocycles. The lowest BCUT2D eigenvalue weighted by Gasteiger charge is -2.30. The molecule has 2 amide bonds. The van der Waals surface area contributed by atoms with Crippen molar-refractivity contribution in [2.45, 2.75) is 12.8 Å². The van der Waals surface area contributed by atoms with Gasteiger partial charge in [-0.2, -0.15) is 0 Å². The van der Waals surface area contributed by atoms with Crippen LogP contribution in [0.15, 0.2) is 30.3 Å². The quantitative estimate of drug-likeness (QED) is 0.658. The van der Waals surface area contributed by atoms with Crippen molar-refractivity contribution in [3.63, 3.8) is 0 Å². The van der Waals surface area contributed by atoms with Crippen molar-refractivity contribution in [1.82, 2.24) is 14.9 Å². The van der Waals surface area contributed by atoms with E-state index in [1.165, 1.54) is 16.6 Å². The smallest absolute Gasteiger partial charge is 0.244 e. The second-order valence-corrected chi connectivity index (χ2v) is 8.93. The molecule has 1 saturated heterocycles. The minimum absolute atomic E-state index is 0.110. The number of benzene rings is 1. The van der Waals surface area contributed by atoms with Crippen molar-refractivity contribution in [3.8, 4) is 0 Å². The number of rotatable bonds is 7. The van der Waals surface area contributed by atoms with Gasteiger partial charge in [0.05, 0.1) is 12.8 Å². The maximum Gasteiger partial charge on any atom is 0.244 e. The van der Waals surface area contributed by atoms with Crippen molar-refractivity contribution in [2.75, 3.05) is 32.4 Å². The normalized spacial score (nSPS) is 16.4. The van der Waals surface area contributed by atoms with E-state index in [1.54, 1.807) is 24.3 Å². The summed E-state index contributed by atoms with van der Waals surface area (Å²) in [5, 5.41) is 5.89. The molecule has 9 heteroatoms. The van der Waals surface area contributed by atoms with Gasteiger partial charge in [0.2, 0.25) is 21.8 Å². The zero-order valence-electron chi connectivity index (χ0n) is 15.2. The molecule has 2 rings (SSSR count). The number of amides is 2. The number of nitrogens with zero attached hydrogens (tertiary/aromatic N) is 1. The van der Waals surface area contributed by atoms with E-state index < -0.39 is 10.0 Å². The maximum absolute atomic E-state index is 11.9. The third-order valence-electron chi connectivity index (χ3n) is 4.33. The number of carbonyl (C=O) groups excluding carboxylic acids is 2. The van der Waals surface area contributed by atoms with Gasteiger partial charge in [-0.25, -0.2) is 12.7 Å². The lowest BCUT2D eigenvalue weighted by molar-refractivity contribution is -0.124. The van der Waals surface area contributed by atoms with Crippen molar-refractivity contribution in [1.29, 1.82) is 0 Å². The van der Waals surface area contributed by atoms with Gasteiger partial charge in [-0.15, -0.1) is 0 Å². The van der Waals surface area contributed by atoms with E-state index in [2.05, 4.69) is 10.6 Å². The predicted octanol–water partition coefficient (Wildman–Crippen LogP) is 1.26. The van der Waals surface area contributed by atoms with E-state index in [4.69, 9.17) is 11.6 Å². The molecule has 1 aliphatic rings. The second kappa shape index (κ2) is 9.87. The van der Waals surface area contributed by atoms with Gasteiger partial charge in [-0.3, -0.25) is 9.59 Å². The summed E-state index contributed by atoms with van der Waals surface area (Å²) < 4.78 is 24.4. The SMILES string of the molecule is CS(=O)(=O)N1CCC(CNC(=O)CNC(=O)/C=C/c2cccc(Cl)c2)CC1. The Morgan fingerprint density at radius 1 is 1.26 bits per heavy atom. The number of piperidine rings is 1. The van der Waals surface area contributed by atoms with Crippen LogP contribution in [0.4, 0.5) is 0 Å². The Labute approximate surface area is 164 Å². The first kappa shape index (κ1) is 21.4. The minimum atomic E-state index is -3.14. The molecule has 0 aliphatic carbocycles. The molecule has 27 heavy (non-hydrogen) atoms. The van der Waals surface area contributed by atoms with E-state index >= 15 is 0 Å². The average Bonchev–Trinajstić information content (AvgIpc) is 2.62. The lowest BCUT2D eigenvalue weighted by atomic mass is 9.98. The Morgan fingerprint density at radius 3 is 2.59 bits per heavy atom. The van der Waals surface area contributed by atoms with Crippen molar-refractivity contribution >= 4 is 39.5 Å². The average molecular weight is 414 g/mol. The van der Waals surface area contributed by atoms with Gasteiger partial charge in [0, 0.05) is 30.7 Å². The van der Waals surface area contributed by atoms with Crippen LogP contribution in [0.5, 0.6) is 0 Å². The third-order valence-corrected chi connectivity index (χ3v) is 5.87. The Kier molecular flexibility index (Phi) is 7.82. The van der Waals surface area contributed by atoms with E-state index in [9.17, 15) is 18.0 Å². The molecule has 0 spiro atoms. The number of halogens is 1. The molecule has 1 aromatic rings. The maximum atomic E-state index is 11.9. The summed E-state index contributed by atoms with van der Waals surface area (Å²) in [4.78, 5) is 23.6. The summed E-state index contributed by atoms with van der Waals surface area (Å²) in [6.07, 6.45) is 5.59. The molecule has 2 N–H and O–H groups in total. The van der Waals surface area contributed by atoms with Gasteiger partial charge in [-0.05, 0) is 42.5 Å². The molecule has 0 unspecified atom stereocenters. The van der Waals surface area contributed by atoms with Crippen LogP contribution in [0.1, 0.15) is 18.4 Å².